The predicted octanol–water partition coefficient (Wildman–Crippen LogP) is 1.69. The highest BCUT2D eigenvalue weighted by Crippen LogP contribution is 2.32. The molecule has 124 valence electrons. The molecule has 0 radical (unpaired) electrons. The molecule has 1 fully saturated rings. The lowest BCUT2D eigenvalue weighted by Gasteiger charge is -2.19. The van der Waals surface area contributed by atoms with E-state index in [0.717, 1.165) is 11.4 Å². The van der Waals surface area contributed by atoms with Crippen LogP contribution >= 0.6 is 0 Å². The van der Waals surface area contributed by atoms with Gasteiger partial charge in [0, 0.05) is 25.4 Å². The van der Waals surface area contributed by atoms with Gasteiger partial charge in [0.2, 0.25) is 5.89 Å². The molecule has 7 heteroatoms. The van der Waals surface area contributed by atoms with Crippen molar-refractivity contribution in [2.75, 3.05) is 6.54 Å². The van der Waals surface area contributed by atoms with E-state index < -0.39 is 6.10 Å². The fourth-order valence-corrected chi connectivity index (χ4v) is 3.14. The van der Waals surface area contributed by atoms with Crippen molar-refractivity contribution in [1.29, 1.82) is 0 Å². The molecule has 1 saturated heterocycles. The van der Waals surface area contributed by atoms with Crippen LogP contribution in [0.3, 0.4) is 0 Å². The number of H-pyrrole nitrogens is 1. The summed E-state index contributed by atoms with van der Waals surface area (Å²) in [6, 6.07) is 9.97. The van der Waals surface area contributed by atoms with Crippen molar-refractivity contribution < 1.29 is 9.63 Å². The quantitative estimate of drug-likeness (QED) is 0.742. The molecule has 3 heterocycles. The van der Waals surface area contributed by atoms with Crippen LogP contribution in [0.15, 0.2) is 47.2 Å². The van der Waals surface area contributed by atoms with Crippen LogP contribution < -0.4 is 0 Å². The summed E-state index contributed by atoms with van der Waals surface area (Å²) in [5.41, 5.74) is 1.14. The lowest BCUT2D eigenvalue weighted by atomic mass is 10.1. The van der Waals surface area contributed by atoms with Gasteiger partial charge < -0.3 is 14.6 Å². The number of benzene rings is 1. The molecule has 4 rings (SSSR count). The Morgan fingerprint density at radius 3 is 2.96 bits per heavy atom. The third-order valence-electron chi connectivity index (χ3n) is 4.26. The van der Waals surface area contributed by atoms with E-state index in [-0.39, 0.29) is 6.04 Å². The van der Waals surface area contributed by atoms with Gasteiger partial charge in [0.15, 0.2) is 5.82 Å². The van der Waals surface area contributed by atoms with Gasteiger partial charge in [0.05, 0.1) is 18.7 Å². The van der Waals surface area contributed by atoms with Crippen molar-refractivity contribution in [2.45, 2.75) is 31.5 Å². The number of aromatic nitrogens is 4. The lowest BCUT2D eigenvalue weighted by molar-refractivity contribution is 0.167. The maximum Gasteiger partial charge on any atom is 0.244 e. The van der Waals surface area contributed by atoms with Crippen molar-refractivity contribution in [1.82, 2.24) is 25.0 Å². The first kappa shape index (κ1) is 15.0. The maximum absolute atomic E-state index is 10.0. The Morgan fingerprint density at radius 1 is 1.29 bits per heavy atom. The van der Waals surface area contributed by atoms with Crippen LogP contribution in [-0.2, 0) is 13.0 Å². The van der Waals surface area contributed by atoms with E-state index in [4.69, 9.17) is 4.52 Å². The zero-order valence-electron chi connectivity index (χ0n) is 13.2. The van der Waals surface area contributed by atoms with Gasteiger partial charge in [0.1, 0.15) is 5.82 Å². The van der Waals surface area contributed by atoms with E-state index in [1.54, 1.807) is 12.4 Å². The van der Waals surface area contributed by atoms with Gasteiger partial charge in [0.25, 0.3) is 0 Å². The zero-order valence-corrected chi connectivity index (χ0v) is 13.2. The van der Waals surface area contributed by atoms with Crippen LogP contribution in [0.1, 0.15) is 35.6 Å². The number of hydrogen-bond donors (Lipinski definition) is 2. The first-order valence-electron chi connectivity index (χ1n) is 8.04. The number of likely N-dealkylation sites (tertiary alicyclic amines) is 1. The van der Waals surface area contributed by atoms with Gasteiger partial charge in [-0.3, -0.25) is 4.90 Å². The number of aromatic amines is 1. The van der Waals surface area contributed by atoms with Gasteiger partial charge in [-0.05, 0) is 12.0 Å². The molecular formula is C17H19N5O2. The molecule has 0 amide bonds. The summed E-state index contributed by atoms with van der Waals surface area (Å²) in [6.45, 7) is 1.19. The minimum atomic E-state index is -0.394. The van der Waals surface area contributed by atoms with E-state index in [9.17, 15) is 5.11 Å². The van der Waals surface area contributed by atoms with Crippen molar-refractivity contribution in [3.05, 3.63) is 65.8 Å². The van der Waals surface area contributed by atoms with Crippen LogP contribution in [0.25, 0.3) is 0 Å². The summed E-state index contributed by atoms with van der Waals surface area (Å²) in [4.78, 5) is 14.0. The van der Waals surface area contributed by atoms with Gasteiger partial charge in [-0.1, -0.05) is 35.5 Å². The van der Waals surface area contributed by atoms with Gasteiger partial charge >= 0.3 is 0 Å². The molecule has 1 aliphatic rings. The molecule has 24 heavy (non-hydrogen) atoms. The highest BCUT2D eigenvalue weighted by molar-refractivity contribution is 5.18. The number of nitrogens with one attached hydrogen (secondary N) is 1. The third-order valence-corrected chi connectivity index (χ3v) is 4.26. The number of nitrogens with zero attached hydrogens (tertiary/aromatic N) is 4. The maximum atomic E-state index is 10.0. The second-order valence-electron chi connectivity index (χ2n) is 6.08. The molecule has 0 aliphatic carbocycles. The standard InChI is InChI=1S/C17H19N5O2/c23-13-9-14(22(10-13)11-16-18-6-7-19-16)17-20-15(21-24-17)8-12-4-2-1-3-5-12/h1-7,13-14,23H,8-11H2,(H,18,19)/t13-,14+/m1/s1. The Morgan fingerprint density at radius 2 is 2.17 bits per heavy atom. The van der Waals surface area contributed by atoms with Gasteiger partial charge in [-0.15, -0.1) is 0 Å². The summed E-state index contributed by atoms with van der Waals surface area (Å²) in [5.74, 6) is 2.08. The van der Waals surface area contributed by atoms with E-state index >= 15 is 0 Å². The first-order chi connectivity index (χ1) is 11.8. The number of imidazole rings is 1. The molecule has 2 atom stereocenters. The number of β-amino-alcohol motifs (C(OH)–C–C–N with tert-alkyl or cyclic N) is 1. The number of hydrogen-bond acceptors (Lipinski definition) is 6. The summed E-state index contributed by atoms with van der Waals surface area (Å²) in [6.07, 6.45) is 4.35. The van der Waals surface area contributed by atoms with E-state index in [1.165, 1.54) is 0 Å². The highest BCUT2D eigenvalue weighted by Gasteiger charge is 2.36. The molecule has 0 spiro atoms. The molecular weight excluding hydrogens is 306 g/mol. The molecule has 2 aromatic heterocycles. The summed E-state index contributed by atoms with van der Waals surface area (Å²) in [7, 11) is 0. The zero-order chi connectivity index (χ0) is 16.4. The van der Waals surface area contributed by atoms with Crippen molar-refractivity contribution >= 4 is 0 Å². The van der Waals surface area contributed by atoms with Gasteiger partial charge in [-0.2, -0.15) is 4.98 Å². The van der Waals surface area contributed by atoms with Crippen LogP contribution in [0.4, 0.5) is 0 Å². The Hall–Kier alpha value is -2.51. The Labute approximate surface area is 139 Å². The normalized spacial score (nSPS) is 21.4. The Bertz CT molecular complexity index is 771. The second-order valence-corrected chi connectivity index (χ2v) is 6.08. The fourth-order valence-electron chi connectivity index (χ4n) is 3.14. The smallest absolute Gasteiger partial charge is 0.244 e. The molecule has 0 unspecified atom stereocenters. The first-order valence-corrected chi connectivity index (χ1v) is 8.04. The molecule has 0 bridgehead atoms. The molecule has 1 aliphatic heterocycles. The van der Waals surface area contributed by atoms with Crippen molar-refractivity contribution in [2.24, 2.45) is 0 Å². The number of rotatable bonds is 5. The minimum Gasteiger partial charge on any atom is -0.392 e. The number of aliphatic hydroxyl groups excluding tert-OH is 1. The molecule has 0 saturated carbocycles. The summed E-state index contributed by atoms with van der Waals surface area (Å²) >= 11 is 0. The molecule has 1 aromatic carbocycles. The van der Waals surface area contributed by atoms with Crippen LogP contribution in [-0.4, -0.2) is 42.8 Å². The average molecular weight is 325 g/mol. The predicted molar refractivity (Wildman–Crippen MR) is 85.9 cm³/mol. The average Bonchev–Trinajstić information content (AvgIpc) is 3.31. The summed E-state index contributed by atoms with van der Waals surface area (Å²) < 4.78 is 5.47. The fraction of sp³-hybridized carbons (Fsp3) is 0.353. The van der Waals surface area contributed by atoms with Crippen LogP contribution in [0, 0.1) is 0 Å². The van der Waals surface area contributed by atoms with Crippen molar-refractivity contribution in [3.8, 4) is 0 Å². The van der Waals surface area contributed by atoms with E-state index in [0.29, 0.717) is 37.6 Å². The Kier molecular flexibility index (Phi) is 4.10. The number of aliphatic hydroxyl groups is 1. The molecule has 3 aromatic rings. The highest BCUT2D eigenvalue weighted by atomic mass is 16.5. The van der Waals surface area contributed by atoms with Gasteiger partial charge in [-0.25, -0.2) is 4.98 Å². The molecule has 7 nitrogen and oxygen atoms in total. The monoisotopic (exact) mass is 325 g/mol. The summed E-state index contributed by atoms with van der Waals surface area (Å²) in [5, 5.41) is 14.1. The van der Waals surface area contributed by atoms with Crippen molar-refractivity contribution in [3.63, 3.8) is 0 Å². The van der Waals surface area contributed by atoms with Crippen LogP contribution in [0.2, 0.25) is 0 Å². The van der Waals surface area contributed by atoms with Crippen LogP contribution in [0.5, 0.6) is 0 Å². The SMILES string of the molecule is O[C@@H]1C[C@@H](c2nc(Cc3ccccc3)no2)N(Cc2ncc[nH]2)C1. The minimum absolute atomic E-state index is 0.0814. The Balaban J connectivity index is 1.49. The lowest BCUT2D eigenvalue weighted by Crippen LogP contribution is -2.25. The van der Waals surface area contributed by atoms with E-state index in [2.05, 4.69) is 25.0 Å². The topological polar surface area (TPSA) is 91.1 Å². The van der Waals surface area contributed by atoms with E-state index in [1.807, 2.05) is 30.3 Å². The second kappa shape index (κ2) is 6.54. The third kappa shape index (κ3) is 3.22. The molecule has 2 N–H and O–H groups in total. The largest absolute Gasteiger partial charge is 0.392 e.